The predicted molar refractivity (Wildman–Crippen MR) is 70.1 cm³/mol. The van der Waals surface area contributed by atoms with Crippen LogP contribution in [0.25, 0.3) is 0 Å². The van der Waals surface area contributed by atoms with Crippen molar-refractivity contribution in [3.63, 3.8) is 0 Å². The molecule has 0 amide bonds. The number of alkyl halides is 1. The Hall–Kier alpha value is -1.76. The van der Waals surface area contributed by atoms with E-state index in [9.17, 15) is 14.5 Å². The van der Waals surface area contributed by atoms with Crippen LogP contribution in [-0.4, -0.2) is 54.2 Å². The minimum Gasteiger partial charge on any atom is -0.366 e. The Labute approximate surface area is 111 Å². The SMILES string of the molecule is O=[N+]([O-])c1ccc(N2CCN(CCCF)CC2)cn1. The number of hydrogen-bond donors (Lipinski definition) is 0. The van der Waals surface area contributed by atoms with Gasteiger partial charge in [-0.1, -0.05) is 0 Å². The minimum absolute atomic E-state index is 0.134. The summed E-state index contributed by atoms with van der Waals surface area (Å²) in [6.45, 7) is 3.97. The van der Waals surface area contributed by atoms with Crippen LogP contribution >= 0.6 is 0 Å². The molecule has 0 spiro atoms. The molecule has 1 aromatic heterocycles. The quantitative estimate of drug-likeness (QED) is 0.598. The summed E-state index contributed by atoms with van der Waals surface area (Å²) in [5.41, 5.74) is 0.899. The number of nitro groups is 1. The molecule has 0 saturated carbocycles. The van der Waals surface area contributed by atoms with Crippen LogP contribution in [0.3, 0.4) is 0 Å². The monoisotopic (exact) mass is 268 g/mol. The fraction of sp³-hybridized carbons (Fsp3) is 0.583. The van der Waals surface area contributed by atoms with Gasteiger partial charge in [0, 0.05) is 38.8 Å². The van der Waals surface area contributed by atoms with Crippen LogP contribution in [0.5, 0.6) is 0 Å². The lowest BCUT2D eigenvalue weighted by Gasteiger charge is -2.35. The average molecular weight is 268 g/mol. The molecule has 0 atom stereocenters. The van der Waals surface area contributed by atoms with Crippen molar-refractivity contribution in [1.82, 2.24) is 9.88 Å². The Kier molecular flexibility index (Phi) is 4.62. The van der Waals surface area contributed by atoms with Crippen LogP contribution in [0, 0.1) is 10.1 Å². The molecular weight excluding hydrogens is 251 g/mol. The number of hydrogen-bond acceptors (Lipinski definition) is 5. The van der Waals surface area contributed by atoms with Crippen LogP contribution in [0.1, 0.15) is 6.42 Å². The molecule has 104 valence electrons. The second-order valence-corrected chi connectivity index (χ2v) is 4.50. The van der Waals surface area contributed by atoms with E-state index in [1.165, 1.54) is 12.3 Å². The summed E-state index contributed by atoms with van der Waals surface area (Å²) in [6.07, 6.45) is 2.12. The summed E-state index contributed by atoms with van der Waals surface area (Å²) in [5.74, 6) is -0.134. The first-order valence-corrected chi connectivity index (χ1v) is 6.34. The Balaban J connectivity index is 1.88. The molecule has 7 heteroatoms. The summed E-state index contributed by atoms with van der Waals surface area (Å²) in [5, 5.41) is 10.5. The summed E-state index contributed by atoms with van der Waals surface area (Å²) in [7, 11) is 0. The lowest BCUT2D eigenvalue weighted by atomic mass is 10.2. The molecule has 1 aliphatic rings. The molecule has 0 N–H and O–H groups in total. The van der Waals surface area contributed by atoms with Crippen LogP contribution in [-0.2, 0) is 0 Å². The Morgan fingerprint density at radius 1 is 1.32 bits per heavy atom. The van der Waals surface area contributed by atoms with E-state index < -0.39 is 4.92 Å². The number of piperazine rings is 1. The van der Waals surface area contributed by atoms with Gasteiger partial charge in [0.2, 0.25) is 0 Å². The maximum atomic E-state index is 12.1. The number of aromatic nitrogens is 1. The van der Waals surface area contributed by atoms with Crippen LogP contribution in [0.4, 0.5) is 15.9 Å². The van der Waals surface area contributed by atoms with Gasteiger partial charge in [-0.25, -0.2) is 0 Å². The highest BCUT2D eigenvalue weighted by Gasteiger charge is 2.18. The Bertz CT molecular complexity index is 418. The maximum absolute atomic E-state index is 12.1. The summed E-state index contributed by atoms with van der Waals surface area (Å²) >= 11 is 0. The third-order valence-electron chi connectivity index (χ3n) is 3.26. The molecule has 0 aromatic carbocycles. The normalized spacial score (nSPS) is 16.6. The summed E-state index contributed by atoms with van der Waals surface area (Å²) < 4.78 is 12.1. The van der Waals surface area contributed by atoms with Crippen molar-refractivity contribution in [1.29, 1.82) is 0 Å². The van der Waals surface area contributed by atoms with E-state index in [0.717, 1.165) is 38.4 Å². The molecule has 0 bridgehead atoms. The number of pyridine rings is 1. The number of halogens is 1. The van der Waals surface area contributed by atoms with Crippen LogP contribution in [0.15, 0.2) is 18.3 Å². The smallest absolute Gasteiger partial charge is 0.363 e. The fourth-order valence-corrected chi connectivity index (χ4v) is 2.19. The van der Waals surface area contributed by atoms with E-state index in [0.29, 0.717) is 6.42 Å². The lowest BCUT2D eigenvalue weighted by Crippen LogP contribution is -2.46. The van der Waals surface area contributed by atoms with E-state index in [4.69, 9.17) is 0 Å². The van der Waals surface area contributed by atoms with Crippen LogP contribution in [0.2, 0.25) is 0 Å². The van der Waals surface area contributed by atoms with Crippen LogP contribution < -0.4 is 4.90 Å². The largest absolute Gasteiger partial charge is 0.366 e. The van der Waals surface area contributed by atoms with Gasteiger partial charge in [-0.05, 0) is 22.4 Å². The van der Waals surface area contributed by atoms with Gasteiger partial charge < -0.3 is 15.0 Å². The first-order valence-electron chi connectivity index (χ1n) is 6.34. The Morgan fingerprint density at radius 3 is 2.58 bits per heavy atom. The highest BCUT2D eigenvalue weighted by Crippen LogP contribution is 2.18. The minimum atomic E-state index is -0.501. The second-order valence-electron chi connectivity index (χ2n) is 4.50. The van der Waals surface area contributed by atoms with Crippen molar-refractivity contribution in [2.45, 2.75) is 6.42 Å². The van der Waals surface area contributed by atoms with Gasteiger partial charge in [0.25, 0.3) is 0 Å². The van der Waals surface area contributed by atoms with Gasteiger partial charge >= 0.3 is 5.82 Å². The zero-order valence-corrected chi connectivity index (χ0v) is 10.7. The van der Waals surface area contributed by atoms with Gasteiger partial charge in [0.05, 0.1) is 12.4 Å². The van der Waals surface area contributed by atoms with Gasteiger partial charge in [-0.2, -0.15) is 0 Å². The Morgan fingerprint density at radius 2 is 2.05 bits per heavy atom. The van der Waals surface area contributed by atoms with Crippen molar-refractivity contribution in [3.05, 3.63) is 28.4 Å². The molecule has 1 fully saturated rings. The van der Waals surface area contributed by atoms with E-state index in [1.807, 2.05) is 0 Å². The van der Waals surface area contributed by atoms with Crippen molar-refractivity contribution < 1.29 is 9.31 Å². The van der Waals surface area contributed by atoms with Gasteiger partial charge in [-0.3, -0.25) is 9.29 Å². The second kappa shape index (κ2) is 6.42. The van der Waals surface area contributed by atoms with Gasteiger partial charge in [0.15, 0.2) is 6.20 Å². The van der Waals surface area contributed by atoms with E-state index >= 15 is 0 Å². The van der Waals surface area contributed by atoms with E-state index in [2.05, 4.69) is 14.8 Å². The fourth-order valence-electron chi connectivity index (χ4n) is 2.19. The van der Waals surface area contributed by atoms with Crippen molar-refractivity contribution >= 4 is 11.5 Å². The van der Waals surface area contributed by atoms with E-state index in [1.54, 1.807) is 6.07 Å². The van der Waals surface area contributed by atoms with E-state index in [-0.39, 0.29) is 12.5 Å². The number of anilines is 1. The molecule has 0 unspecified atom stereocenters. The molecule has 1 saturated heterocycles. The van der Waals surface area contributed by atoms with Gasteiger partial charge in [-0.15, -0.1) is 0 Å². The molecular formula is C12H17FN4O2. The van der Waals surface area contributed by atoms with Gasteiger partial charge in [0.1, 0.15) is 0 Å². The summed E-state index contributed by atoms with van der Waals surface area (Å²) in [4.78, 5) is 18.2. The third-order valence-corrected chi connectivity index (χ3v) is 3.26. The molecule has 2 heterocycles. The van der Waals surface area contributed by atoms with Crippen molar-refractivity contribution in [3.8, 4) is 0 Å². The highest BCUT2D eigenvalue weighted by atomic mass is 19.1. The predicted octanol–water partition coefficient (Wildman–Crippen LogP) is 1.47. The topological polar surface area (TPSA) is 62.5 Å². The molecule has 0 radical (unpaired) electrons. The molecule has 0 aliphatic carbocycles. The average Bonchev–Trinajstić information content (AvgIpc) is 2.46. The maximum Gasteiger partial charge on any atom is 0.363 e. The standard InChI is InChI=1S/C12H17FN4O2/c13-4-1-5-15-6-8-16(9-7-15)11-2-3-12(14-10-11)17(18)19/h2-3,10H,1,4-9H2. The molecule has 1 aromatic rings. The first kappa shape index (κ1) is 13.7. The number of rotatable bonds is 5. The highest BCUT2D eigenvalue weighted by molar-refractivity contribution is 5.46. The zero-order chi connectivity index (χ0) is 13.7. The molecule has 19 heavy (non-hydrogen) atoms. The molecule has 2 rings (SSSR count). The zero-order valence-electron chi connectivity index (χ0n) is 10.7. The third kappa shape index (κ3) is 3.60. The lowest BCUT2D eigenvalue weighted by molar-refractivity contribution is -0.389. The van der Waals surface area contributed by atoms with Crippen molar-refractivity contribution in [2.75, 3.05) is 44.3 Å². The van der Waals surface area contributed by atoms with Crippen molar-refractivity contribution in [2.24, 2.45) is 0 Å². The summed E-state index contributed by atoms with van der Waals surface area (Å²) in [6, 6.07) is 3.15. The number of nitrogens with zero attached hydrogens (tertiary/aromatic N) is 4. The molecule has 6 nitrogen and oxygen atoms in total. The molecule has 1 aliphatic heterocycles. The first-order chi connectivity index (χ1) is 9.20.